The molecule has 2 fully saturated rings. The van der Waals surface area contributed by atoms with Crippen LogP contribution < -0.4 is 0 Å². The van der Waals surface area contributed by atoms with Crippen molar-refractivity contribution in [2.75, 3.05) is 18.6 Å². The number of thioether (sulfide) groups is 2. The molecular formula is C11H14N4O2S2. The summed E-state index contributed by atoms with van der Waals surface area (Å²) < 4.78 is 0. The molecule has 0 aromatic carbocycles. The van der Waals surface area contributed by atoms with Crippen LogP contribution in [-0.4, -0.2) is 56.5 Å². The van der Waals surface area contributed by atoms with Crippen molar-refractivity contribution in [2.45, 2.75) is 13.0 Å². The maximum atomic E-state index is 11.8. The highest BCUT2D eigenvalue weighted by Gasteiger charge is 2.31. The second kappa shape index (κ2) is 5.79. The molecule has 2 saturated heterocycles. The number of amidine groups is 2. The van der Waals surface area contributed by atoms with Crippen LogP contribution in [0.1, 0.15) is 6.92 Å². The Labute approximate surface area is 120 Å². The van der Waals surface area contributed by atoms with E-state index in [1.165, 1.54) is 28.4 Å². The van der Waals surface area contributed by atoms with E-state index in [0.717, 1.165) is 0 Å². The van der Waals surface area contributed by atoms with Gasteiger partial charge < -0.3 is 0 Å². The first kappa shape index (κ1) is 14.1. The molecular weight excluding hydrogens is 284 g/mol. The Balaban J connectivity index is 2.19. The molecule has 0 aromatic heterocycles. The van der Waals surface area contributed by atoms with Crippen molar-refractivity contribution in [3.8, 4) is 0 Å². The Bertz CT molecular complexity index is 489. The fraction of sp³-hybridized carbons (Fsp3) is 0.455. The van der Waals surface area contributed by atoms with Crippen molar-refractivity contribution in [1.29, 1.82) is 0 Å². The molecule has 2 rings (SSSR count). The van der Waals surface area contributed by atoms with Crippen molar-refractivity contribution in [3.05, 3.63) is 12.7 Å². The van der Waals surface area contributed by atoms with Crippen molar-refractivity contribution >= 4 is 45.7 Å². The van der Waals surface area contributed by atoms with E-state index in [0.29, 0.717) is 21.8 Å². The molecule has 2 aliphatic rings. The number of carbonyl (C=O) groups excluding carboxylic acids is 2. The Morgan fingerprint density at radius 3 is 2.37 bits per heavy atom. The van der Waals surface area contributed by atoms with Gasteiger partial charge >= 0.3 is 0 Å². The van der Waals surface area contributed by atoms with Crippen LogP contribution in [0, 0.1) is 0 Å². The SMILES string of the molecule is C=CC(C)N1C(=O)CSC1=NN=C1SCC(=O)N1C. The van der Waals surface area contributed by atoms with Crippen LogP contribution in [-0.2, 0) is 9.59 Å². The predicted molar refractivity (Wildman–Crippen MR) is 79.1 cm³/mol. The maximum Gasteiger partial charge on any atom is 0.239 e. The van der Waals surface area contributed by atoms with E-state index in [-0.39, 0.29) is 17.9 Å². The molecule has 2 heterocycles. The van der Waals surface area contributed by atoms with E-state index in [1.54, 1.807) is 18.0 Å². The molecule has 0 N–H and O–H groups in total. The van der Waals surface area contributed by atoms with Gasteiger partial charge in [-0.3, -0.25) is 19.4 Å². The Kier molecular flexibility index (Phi) is 4.31. The molecule has 2 amide bonds. The van der Waals surface area contributed by atoms with Crippen molar-refractivity contribution < 1.29 is 9.59 Å². The van der Waals surface area contributed by atoms with Gasteiger partial charge in [-0.2, -0.15) is 0 Å². The molecule has 0 aliphatic carbocycles. The summed E-state index contributed by atoms with van der Waals surface area (Å²) in [4.78, 5) is 26.1. The van der Waals surface area contributed by atoms with Gasteiger partial charge in [0.25, 0.3) is 0 Å². The fourth-order valence-electron chi connectivity index (χ4n) is 1.56. The predicted octanol–water partition coefficient (Wildman–Crippen LogP) is 0.969. The number of hydrogen-bond acceptors (Lipinski definition) is 6. The van der Waals surface area contributed by atoms with Gasteiger partial charge in [-0.25, -0.2) is 0 Å². The summed E-state index contributed by atoms with van der Waals surface area (Å²) in [6, 6.07) is -0.114. The van der Waals surface area contributed by atoms with Crippen LogP contribution in [0.5, 0.6) is 0 Å². The van der Waals surface area contributed by atoms with E-state index >= 15 is 0 Å². The van der Waals surface area contributed by atoms with Crippen molar-refractivity contribution in [2.24, 2.45) is 10.2 Å². The molecule has 1 unspecified atom stereocenters. The normalized spacial score (nSPS) is 25.8. The number of hydrogen-bond donors (Lipinski definition) is 0. The van der Waals surface area contributed by atoms with E-state index in [9.17, 15) is 9.59 Å². The molecule has 19 heavy (non-hydrogen) atoms. The highest BCUT2D eigenvalue weighted by Crippen LogP contribution is 2.23. The first-order chi connectivity index (χ1) is 9.04. The summed E-state index contributed by atoms with van der Waals surface area (Å²) in [5, 5.41) is 9.28. The minimum absolute atomic E-state index is 0.000133. The molecule has 6 nitrogen and oxygen atoms in total. The largest absolute Gasteiger partial charge is 0.292 e. The summed E-state index contributed by atoms with van der Waals surface area (Å²) in [6.45, 7) is 5.56. The van der Waals surface area contributed by atoms with Gasteiger partial charge in [-0.15, -0.1) is 16.8 Å². The molecule has 0 saturated carbocycles. The summed E-state index contributed by atoms with van der Waals surface area (Å²) in [5.74, 6) is 0.762. The summed E-state index contributed by atoms with van der Waals surface area (Å²) in [7, 11) is 1.67. The van der Waals surface area contributed by atoms with Gasteiger partial charge in [-0.05, 0) is 6.92 Å². The van der Waals surface area contributed by atoms with E-state index in [1.807, 2.05) is 6.92 Å². The topological polar surface area (TPSA) is 65.3 Å². The van der Waals surface area contributed by atoms with E-state index in [4.69, 9.17) is 0 Å². The fourth-order valence-corrected chi connectivity index (χ4v) is 3.30. The molecule has 8 heteroatoms. The molecule has 102 valence electrons. The van der Waals surface area contributed by atoms with E-state index < -0.39 is 0 Å². The van der Waals surface area contributed by atoms with Crippen LogP contribution in [0.15, 0.2) is 22.9 Å². The smallest absolute Gasteiger partial charge is 0.239 e. The zero-order chi connectivity index (χ0) is 14.0. The first-order valence-corrected chi connectivity index (χ1v) is 7.64. The van der Waals surface area contributed by atoms with Crippen LogP contribution >= 0.6 is 23.5 Å². The third-order valence-corrected chi connectivity index (χ3v) is 4.69. The monoisotopic (exact) mass is 298 g/mol. The average Bonchev–Trinajstić information content (AvgIpc) is 2.92. The van der Waals surface area contributed by atoms with Crippen LogP contribution in [0.3, 0.4) is 0 Å². The maximum absolute atomic E-state index is 11.8. The number of carbonyl (C=O) groups is 2. The minimum atomic E-state index is -0.114. The lowest BCUT2D eigenvalue weighted by atomic mass is 10.3. The van der Waals surface area contributed by atoms with Crippen molar-refractivity contribution in [1.82, 2.24) is 9.80 Å². The van der Waals surface area contributed by atoms with Gasteiger partial charge in [-0.1, -0.05) is 29.6 Å². The molecule has 0 radical (unpaired) electrons. The van der Waals surface area contributed by atoms with Crippen molar-refractivity contribution in [3.63, 3.8) is 0 Å². The molecule has 0 spiro atoms. The number of rotatable bonds is 3. The first-order valence-electron chi connectivity index (χ1n) is 5.67. The Hall–Kier alpha value is -1.28. The standard InChI is InChI=1S/C11H14N4O2S2/c1-4-7(2)15-9(17)6-19-11(15)13-12-10-14(3)8(16)5-18-10/h4,7H,1,5-6H2,2-3H3. The number of amides is 2. The lowest BCUT2D eigenvalue weighted by Gasteiger charge is -2.20. The molecule has 0 aromatic rings. The summed E-state index contributed by atoms with van der Waals surface area (Å²) in [6.07, 6.45) is 1.69. The summed E-state index contributed by atoms with van der Waals surface area (Å²) >= 11 is 2.69. The third kappa shape index (κ3) is 2.84. The van der Waals surface area contributed by atoms with Gasteiger partial charge in [0.1, 0.15) is 0 Å². The van der Waals surface area contributed by atoms with Gasteiger partial charge in [0.05, 0.1) is 17.5 Å². The van der Waals surface area contributed by atoms with Gasteiger partial charge in [0.15, 0.2) is 10.3 Å². The van der Waals surface area contributed by atoms with Crippen LogP contribution in [0.2, 0.25) is 0 Å². The Morgan fingerprint density at radius 1 is 1.21 bits per heavy atom. The highest BCUT2D eigenvalue weighted by molar-refractivity contribution is 8.15. The average molecular weight is 298 g/mol. The second-order valence-corrected chi connectivity index (χ2v) is 5.92. The quantitative estimate of drug-likeness (QED) is 0.575. The molecule has 1 atom stereocenters. The Morgan fingerprint density at radius 2 is 1.79 bits per heavy atom. The number of nitrogens with zero attached hydrogens (tertiary/aromatic N) is 4. The van der Waals surface area contributed by atoms with E-state index in [2.05, 4.69) is 16.8 Å². The molecule has 2 aliphatic heterocycles. The lowest BCUT2D eigenvalue weighted by Crippen LogP contribution is -2.36. The molecule has 0 bridgehead atoms. The van der Waals surface area contributed by atoms with Crippen LogP contribution in [0.25, 0.3) is 0 Å². The second-order valence-electron chi connectivity index (χ2n) is 4.04. The zero-order valence-corrected chi connectivity index (χ0v) is 12.3. The van der Waals surface area contributed by atoms with Gasteiger partial charge in [0.2, 0.25) is 11.8 Å². The third-order valence-electron chi connectivity index (χ3n) is 2.75. The summed E-state index contributed by atoms with van der Waals surface area (Å²) in [5.41, 5.74) is 0. The minimum Gasteiger partial charge on any atom is -0.292 e. The highest BCUT2D eigenvalue weighted by atomic mass is 32.2. The lowest BCUT2D eigenvalue weighted by molar-refractivity contribution is -0.125. The zero-order valence-electron chi connectivity index (χ0n) is 10.7. The van der Waals surface area contributed by atoms with Crippen LogP contribution in [0.4, 0.5) is 0 Å². The van der Waals surface area contributed by atoms with Gasteiger partial charge in [0, 0.05) is 7.05 Å².